The Kier molecular flexibility index (Phi) is 5.92. The number of hydrogen-bond donors (Lipinski definition) is 3. The van der Waals surface area contributed by atoms with Crippen LogP contribution in [0.2, 0.25) is 0 Å². The van der Waals surface area contributed by atoms with Crippen molar-refractivity contribution in [1.29, 1.82) is 0 Å². The lowest BCUT2D eigenvalue weighted by molar-refractivity contribution is -0.137. The molecular formula is C9H12BrN3O3S. The number of aromatic nitrogens is 1. The third-order valence-electron chi connectivity index (χ3n) is 1.80. The molecule has 0 aliphatic rings. The number of nitrogens with one attached hydrogen (secondary N) is 2. The fourth-order valence-electron chi connectivity index (χ4n) is 1.06. The van der Waals surface area contributed by atoms with Crippen LogP contribution in [0.1, 0.15) is 19.3 Å². The third kappa shape index (κ3) is 6.22. The minimum Gasteiger partial charge on any atom is -0.481 e. The third-order valence-corrected chi connectivity index (χ3v) is 3.19. The fourth-order valence-corrected chi connectivity index (χ4v) is 2.16. The lowest BCUT2D eigenvalue weighted by Crippen LogP contribution is -2.29. The van der Waals surface area contributed by atoms with Crippen molar-refractivity contribution in [2.45, 2.75) is 19.3 Å². The zero-order valence-electron chi connectivity index (χ0n) is 8.90. The monoisotopic (exact) mass is 321 g/mol. The largest absolute Gasteiger partial charge is 0.481 e. The van der Waals surface area contributed by atoms with E-state index in [1.54, 1.807) is 6.20 Å². The summed E-state index contributed by atoms with van der Waals surface area (Å²) in [4.78, 5) is 25.5. The van der Waals surface area contributed by atoms with Gasteiger partial charge in [-0.25, -0.2) is 9.78 Å². The Balaban J connectivity index is 2.11. The van der Waals surface area contributed by atoms with Gasteiger partial charge in [0, 0.05) is 13.0 Å². The number of unbranched alkanes of at least 4 members (excludes halogenated alkanes) is 1. The second kappa shape index (κ2) is 7.23. The summed E-state index contributed by atoms with van der Waals surface area (Å²) in [7, 11) is 0. The van der Waals surface area contributed by atoms with Crippen molar-refractivity contribution in [3.63, 3.8) is 0 Å². The molecule has 0 unspecified atom stereocenters. The summed E-state index contributed by atoms with van der Waals surface area (Å²) >= 11 is 4.56. The van der Waals surface area contributed by atoms with Crippen LogP contribution < -0.4 is 10.6 Å². The lowest BCUT2D eigenvalue weighted by Gasteiger charge is -2.04. The highest BCUT2D eigenvalue weighted by atomic mass is 79.9. The molecule has 0 atom stereocenters. The molecule has 1 rings (SSSR count). The van der Waals surface area contributed by atoms with Gasteiger partial charge in [-0.1, -0.05) is 11.3 Å². The van der Waals surface area contributed by atoms with Crippen LogP contribution in [0, 0.1) is 0 Å². The maximum absolute atomic E-state index is 11.3. The average Bonchev–Trinajstić information content (AvgIpc) is 2.63. The van der Waals surface area contributed by atoms with E-state index < -0.39 is 5.97 Å². The molecule has 0 aromatic carbocycles. The van der Waals surface area contributed by atoms with Crippen LogP contribution in [0.15, 0.2) is 9.98 Å². The number of carbonyl (C=O) groups excluding carboxylic acids is 1. The molecule has 2 amide bonds. The quantitative estimate of drug-likeness (QED) is 0.701. The van der Waals surface area contributed by atoms with Crippen molar-refractivity contribution in [2.75, 3.05) is 11.9 Å². The second-order valence-electron chi connectivity index (χ2n) is 3.20. The lowest BCUT2D eigenvalue weighted by atomic mass is 10.2. The van der Waals surface area contributed by atoms with Crippen molar-refractivity contribution in [2.24, 2.45) is 0 Å². The van der Waals surface area contributed by atoms with Gasteiger partial charge in [-0.05, 0) is 28.8 Å². The Morgan fingerprint density at radius 2 is 2.24 bits per heavy atom. The van der Waals surface area contributed by atoms with E-state index in [0.29, 0.717) is 24.5 Å². The van der Waals surface area contributed by atoms with Crippen LogP contribution in [0.3, 0.4) is 0 Å². The number of carboxylic acids is 1. The van der Waals surface area contributed by atoms with E-state index in [9.17, 15) is 9.59 Å². The molecule has 0 bridgehead atoms. The molecule has 0 aliphatic carbocycles. The molecule has 0 saturated carbocycles. The van der Waals surface area contributed by atoms with E-state index in [-0.39, 0.29) is 12.5 Å². The first-order chi connectivity index (χ1) is 8.08. The smallest absolute Gasteiger partial charge is 0.321 e. The first-order valence-corrected chi connectivity index (χ1v) is 6.57. The van der Waals surface area contributed by atoms with E-state index in [1.165, 1.54) is 11.3 Å². The van der Waals surface area contributed by atoms with Crippen molar-refractivity contribution in [3.8, 4) is 0 Å². The van der Waals surface area contributed by atoms with Crippen LogP contribution in [0.25, 0.3) is 0 Å². The molecule has 0 aliphatic heterocycles. The number of carboxylic acid groups (broad SMARTS) is 1. The van der Waals surface area contributed by atoms with Gasteiger partial charge in [0.05, 0.1) is 9.98 Å². The van der Waals surface area contributed by atoms with E-state index in [4.69, 9.17) is 5.11 Å². The van der Waals surface area contributed by atoms with E-state index >= 15 is 0 Å². The molecule has 8 heteroatoms. The van der Waals surface area contributed by atoms with Gasteiger partial charge in [-0.3, -0.25) is 10.1 Å². The Morgan fingerprint density at radius 1 is 1.47 bits per heavy atom. The number of hydrogen-bond acceptors (Lipinski definition) is 4. The number of halogens is 1. The summed E-state index contributed by atoms with van der Waals surface area (Å²) in [6.07, 6.45) is 2.93. The van der Waals surface area contributed by atoms with Gasteiger partial charge in [-0.15, -0.1) is 0 Å². The minimum absolute atomic E-state index is 0.128. The molecule has 1 aromatic rings. The number of nitrogens with zero attached hydrogens (tertiary/aromatic N) is 1. The SMILES string of the molecule is O=C(O)CCCCNC(=O)Nc1ncc(Br)s1. The van der Waals surface area contributed by atoms with Crippen LogP contribution in [0.4, 0.5) is 9.93 Å². The van der Waals surface area contributed by atoms with E-state index in [0.717, 1.165) is 3.79 Å². The van der Waals surface area contributed by atoms with Crippen LogP contribution in [0.5, 0.6) is 0 Å². The van der Waals surface area contributed by atoms with Gasteiger partial charge in [-0.2, -0.15) is 0 Å². The number of amides is 2. The normalized spacial score (nSPS) is 9.94. The first kappa shape index (κ1) is 13.9. The summed E-state index contributed by atoms with van der Waals surface area (Å²) < 4.78 is 0.842. The van der Waals surface area contributed by atoms with Gasteiger partial charge in [0.25, 0.3) is 0 Å². The molecule has 17 heavy (non-hydrogen) atoms. The van der Waals surface area contributed by atoms with Gasteiger partial charge in [0.15, 0.2) is 5.13 Å². The topological polar surface area (TPSA) is 91.3 Å². The first-order valence-electron chi connectivity index (χ1n) is 4.96. The Labute approximate surface area is 111 Å². The van der Waals surface area contributed by atoms with Gasteiger partial charge < -0.3 is 10.4 Å². The molecule has 0 spiro atoms. The summed E-state index contributed by atoms with van der Waals surface area (Å²) in [5, 5.41) is 14.1. The summed E-state index contributed by atoms with van der Waals surface area (Å²) in [5.74, 6) is -0.818. The highest BCUT2D eigenvalue weighted by Gasteiger charge is 2.04. The summed E-state index contributed by atoms with van der Waals surface area (Å²) in [6, 6.07) is -0.331. The molecule has 1 aromatic heterocycles. The fraction of sp³-hybridized carbons (Fsp3) is 0.444. The zero-order valence-corrected chi connectivity index (χ0v) is 11.3. The molecule has 6 nitrogen and oxygen atoms in total. The molecule has 3 N–H and O–H groups in total. The van der Waals surface area contributed by atoms with Crippen molar-refractivity contribution >= 4 is 44.4 Å². The summed E-state index contributed by atoms with van der Waals surface area (Å²) in [6.45, 7) is 0.450. The number of carbonyl (C=O) groups is 2. The predicted octanol–water partition coefficient (Wildman–Crippen LogP) is 2.28. The molecule has 0 fully saturated rings. The van der Waals surface area contributed by atoms with E-state index in [1.807, 2.05) is 0 Å². The van der Waals surface area contributed by atoms with Crippen molar-refractivity contribution in [1.82, 2.24) is 10.3 Å². The van der Waals surface area contributed by atoms with Crippen molar-refractivity contribution < 1.29 is 14.7 Å². The number of anilines is 1. The number of thiazole rings is 1. The van der Waals surface area contributed by atoms with Crippen molar-refractivity contribution in [3.05, 3.63) is 9.98 Å². The average molecular weight is 322 g/mol. The Hall–Kier alpha value is -1.15. The molecule has 0 saturated heterocycles. The number of urea groups is 1. The Bertz CT molecular complexity index is 397. The number of aliphatic carboxylic acids is 1. The standard InChI is InChI=1S/C9H12BrN3O3S/c10-6-5-12-9(17-6)13-8(16)11-4-2-1-3-7(14)15/h5H,1-4H2,(H,14,15)(H2,11,12,13,16). The maximum atomic E-state index is 11.3. The van der Waals surface area contributed by atoms with Crippen LogP contribution >= 0.6 is 27.3 Å². The van der Waals surface area contributed by atoms with Gasteiger partial charge >= 0.3 is 12.0 Å². The number of rotatable bonds is 6. The molecule has 1 heterocycles. The van der Waals surface area contributed by atoms with Gasteiger partial charge in [0.1, 0.15) is 0 Å². The van der Waals surface area contributed by atoms with Gasteiger partial charge in [0.2, 0.25) is 0 Å². The second-order valence-corrected chi connectivity index (χ2v) is 5.61. The maximum Gasteiger partial charge on any atom is 0.321 e. The van der Waals surface area contributed by atoms with Crippen LogP contribution in [-0.4, -0.2) is 28.6 Å². The highest BCUT2D eigenvalue weighted by molar-refractivity contribution is 9.11. The molecule has 0 radical (unpaired) electrons. The van der Waals surface area contributed by atoms with E-state index in [2.05, 4.69) is 31.5 Å². The minimum atomic E-state index is -0.818. The summed E-state index contributed by atoms with van der Waals surface area (Å²) in [5.41, 5.74) is 0. The zero-order chi connectivity index (χ0) is 12.7. The van der Waals surface area contributed by atoms with Crippen LogP contribution in [-0.2, 0) is 4.79 Å². The molecule has 94 valence electrons. The highest BCUT2D eigenvalue weighted by Crippen LogP contribution is 2.22. The molecular weight excluding hydrogens is 310 g/mol. The predicted molar refractivity (Wildman–Crippen MR) is 68.3 cm³/mol. The Morgan fingerprint density at radius 3 is 2.82 bits per heavy atom.